The maximum Gasteiger partial charge on any atom is 0.304 e. The van der Waals surface area contributed by atoms with Gasteiger partial charge in [-0.3, -0.25) is 13.6 Å². The fourth-order valence-corrected chi connectivity index (χ4v) is 6.41. The molecule has 12 heteroatoms. The van der Waals surface area contributed by atoms with Gasteiger partial charge in [-0.25, -0.2) is 0 Å². The van der Waals surface area contributed by atoms with Crippen LogP contribution in [0.1, 0.15) is 136 Å². The lowest BCUT2D eigenvalue weighted by Gasteiger charge is -2.05. The van der Waals surface area contributed by atoms with Crippen molar-refractivity contribution in [3.63, 3.8) is 0 Å². The number of benzene rings is 1. The number of nitrogens with zero attached hydrogens (tertiary/aromatic N) is 6. The number of hydrogen-bond donors (Lipinski definition) is 3. The summed E-state index contributed by atoms with van der Waals surface area (Å²) in [6, 6.07) is 6.14. The first-order valence-corrected chi connectivity index (χ1v) is 18.6. The van der Waals surface area contributed by atoms with Gasteiger partial charge < -0.3 is 17.2 Å². The second-order valence-electron chi connectivity index (χ2n) is 13.1. The fourth-order valence-electron chi connectivity index (χ4n) is 6.41. The van der Waals surface area contributed by atoms with Crippen LogP contribution in [0.5, 0.6) is 0 Å². The van der Waals surface area contributed by atoms with Gasteiger partial charge in [0.1, 0.15) is 0 Å². The van der Waals surface area contributed by atoms with Gasteiger partial charge in [-0.15, -0.1) is 0 Å². The van der Waals surface area contributed by atoms with Crippen LogP contribution in [0.25, 0.3) is 33.8 Å². The third kappa shape index (κ3) is 10.3. The number of rotatable bonds is 24. The van der Waals surface area contributed by atoms with Gasteiger partial charge >= 0.3 is 34.7 Å². The minimum Gasteiger partial charge on any atom is -0.362 e. The van der Waals surface area contributed by atoms with Gasteiger partial charge in [0.2, 0.25) is 15.8 Å². The second kappa shape index (κ2) is 19.8. The van der Waals surface area contributed by atoms with Gasteiger partial charge in [0.25, 0.3) is 0 Å². The Kier molecular flexibility index (Phi) is 15.2. The molecule has 0 aliphatic rings. The van der Waals surface area contributed by atoms with Gasteiger partial charge in [-0.2, -0.15) is 0 Å². The third-order valence-corrected chi connectivity index (χ3v) is 9.11. The first-order valence-electron chi connectivity index (χ1n) is 18.6. The van der Waals surface area contributed by atoms with E-state index in [9.17, 15) is 0 Å². The lowest BCUT2D eigenvalue weighted by molar-refractivity contribution is -0.753. The van der Waals surface area contributed by atoms with E-state index in [1.807, 2.05) is 32.2 Å². The van der Waals surface area contributed by atoms with Gasteiger partial charge in [-0.05, 0) is 51.5 Å². The summed E-state index contributed by atoms with van der Waals surface area (Å²) in [5.41, 5.74) is 24.0. The van der Waals surface area contributed by atoms with Gasteiger partial charge in [0, 0.05) is 19.3 Å². The molecule has 3 heterocycles. The van der Waals surface area contributed by atoms with E-state index in [2.05, 4.69) is 36.6 Å². The Balaban J connectivity index is 1.69. The number of aryl methyl sites for hydroxylation is 3. The van der Waals surface area contributed by atoms with Crippen molar-refractivity contribution in [1.82, 2.24) is 15.8 Å². The van der Waals surface area contributed by atoms with E-state index >= 15 is 0 Å². The Morgan fingerprint density at radius 1 is 0.417 bits per heavy atom. The lowest BCUT2D eigenvalue weighted by atomic mass is 9.99. The van der Waals surface area contributed by atoms with Crippen LogP contribution < -0.4 is 31.2 Å². The molecular formula is C36H60N9O3+3. The molecule has 0 aliphatic carbocycles. The zero-order chi connectivity index (χ0) is 34.1. The van der Waals surface area contributed by atoms with Crippen molar-refractivity contribution in [3.8, 4) is 33.8 Å². The van der Waals surface area contributed by atoms with Gasteiger partial charge in [-0.1, -0.05) is 97.8 Å². The lowest BCUT2D eigenvalue weighted by Crippen LogP contribution is -2.39. The third-order valence-electron chi connectivity index (χ3n) is 9.11. The van der Waals surface area contributed by atoms with Crippen LogP contribution >= 0.6 is 0 Å². The molecule has 6 N–H and O–H groups in total. The van der Waals surface area contributed by atoms with Crippen LogP contribution in [0.4, 0.5) is 17.7 Å². The summed E-state index contributed by atoms with van der Waals surface area (Å²) in [5, 5.41) is 13.0. The topological polar surface area (TPSA) is 168 Å². The molecule has 12 nitrogen and oxygen atoms in total. The highest BCUT2D eigenvalue weighted by Gasteiger charge is 2.33. The predicted octanol–water partition coefficient (Wildman–Crippen LogP) is 7.34. The number of anilines is 3. The molecule has 3 aromatic heterocycles. The van der Waals surface area contributed by atoms with Gasteiger partial charge in [0.15, 0.2) is 19.6 Å². The molecule has 0 spiro atoms. The summed E-state index contributed by atoms with van der Waals surface area (Å²) in [5.74, 6) is 0.752. The highest BCUT2D eigenvalue weighted by Crippen LogP contribution is 2.35. The summed E-state index contributed by atoms with van der Waals surface area (Å²) in [4.78, 5) is 0. The Labute approximate surface area is 285 Å². The first kappa shape index (κ1) is 36.9. The Bertz CT molecular complexity index is 1320. The first-order chi connectivity index (χ1) is 23.5. The van der Waals surface area contributed by atoms with E-state index in [0.717, 1.165) is 55.2 Å². The van der Waals surface area contributed by atoms with Crippen molar-refractivity contribution in [2.24, 2.45) is 0 Å². The van der Waals surface area contributed by atoms with Crippen molar-refractivity contribution in [2.75, 3.05) is 17.2 Å². The summed E-state index contributed by atoms with van der Waals surface area (Å²) >= 11 is 0. The molecular weight excluding hydrogens is 606 g/mol. The highest BCUT2D eigenvalue weighted by molar-refractivity contribution is 5.81. The molecule has 4 rings (SSSR count). The highest BCUT2D eigenvalue weighted by atomic mass is 16.5. The molecule has 0 aliphatic heterocycles. The monoisotopic (exact) mass is 666 g/mol. The molecule has 0 atom stereocenters. The summed E-state index contributed by atoms with van der Waals surface area (Å²) in [6.45, 7) is 8.79. The molecule has 264 valence electrons. The Morgan fingerprint density at radius 3 is 0.938 bits per heavy atom. The predicted molar refractivity (Wildman–Crippen MR) is 187 cm³/mol. The van der Waals surface area contributed by atoms with Crippen LogP contribution in [-0.2, 0) is 19.6 Å². The molecule has 1 aromatic carbocycles. The van der Waals surface area contributed by atoms with Crippen molar-refractivity contribution < 1.29 is 27.6 Å². The molecule has 0 fully saturated rings. The smallest absolute Gasteiger partial charge is 0.304 e. The van der Waals surface area contributed by atoms with E-state index in [0.29, 0.717) is 36.7 Å². The standard InChI is InChI=1S/C36H60N9O3/c1-4-7-10-13-16-19-22-43-31(34(37)46-40-43)28-25-29(32-35(38)47-41-44(32)23-20-17-14-11-8-5-2)27-30(26-28)33-36(39)48-42-45(33)24-21-18-15-12-9-6-3/h25-27H,4-24,37-39H2,1-3H3/q+3. The van der Waals surface area contributed by atoms with Crippen LogP contribution in [-0.4, -0.2) is 15.8 Å². The van der Waals surface area contributed by atoms with Crippen LogP contribution in [0.2, 0.25) is 0 Å². The molecule has 0 bridgehead atoms. The van der Waals surface area contributed by atoms with E-state index in [-0.39, 0.29) is 17.7 Å². The SMILES string of the molecule is CCCCCCCC[n+]1noc(N)c1-c1cc(-c2c(N)on[n+]2CCCCCCCC)cc(-c2c(N)on[n+]2CCCCCCCC)c1. The average Bonchev–Trinajstić information content (AvgIpc) is 3.77. The normalized spacial score (nSPS) is 11.6. The molecule has 4 aromatic rings. The molecule has 0 unspecified atom stereocenters. The fraction of sp³-hybridized carbons (Fsp3) is 0.667. The van der Waals surface area contributed by atoms with E-state index in [4.69, 9.17) is 30.8 Å². The zero-order valence-corrected chi connectivity index (χ0v) is 29.7. The van der Waals surface area contributed by atoms with Crippen LogP contribution in [0.3, 0.4) is 0 Å². The Hall–Kier alpha value is -3.96. The molecule has 0 saturated carbocycles. The second-order valence-corrected chi connectivity index (χ2v) is 13.1. The zero-order valence-electron chi connectivity index (χ0n) is 29.7. The number of nitrogens with two attached hydrogens (primary N) is 3. The quantitative estimate of drug-likeness (QED) is 0.0512. The number of unbranched alkanes of at least 4 members (excludes halogenated alkanes) is 15. The molecule has 0 amide bonds. The van der Waals surface area contributed by atoms with Crippen molar-refractivity contribution in [1.29, 1.82) is 0 Å². The minimum absolute atomic E-state index is 0.251. The summed E-state index contributed by atoms with van der Waals surface area (Å²) < 4.78 is 22.3. The van der Waals surface area contributed by atoms with Crippen LogP contribution in [0.15, 0.2) is 31.8 Å². The summed E-state index contributed by atoms with van der Waals surface area (Å²) in [6.07, 6.45) is 21.1. The number of nitrogen functional groups attached to an aromatic ring is 3. The van der Waals surface area contributed by atoms with Crippen LogP contribution in [0, 0.1) is 0 Å². The number of aromatic nitrogens is 6. The molecule has 0 radical (unpaired) electrons. The van der Waals surface area contributed by atoms with Crippen molar-refractivity contribution in [3.05, 3.63) is 18.2 Å². The molecule has 48 heavy (non-hydrogen) atoms. The van der Waals surface area contributed by atoms with E-state index < -0.39 is 0 Å². The van der Waals surface area contributed by atoms with E-state index in [1.54, 1.807) is 0 Å². The Morgan fingerprint density at radius 2 is 0.667 bits per heavy atom. The maximum absolute atomic E-state index is 6.46. The molecule has 0 saturated heterocycles. The summed E-state index contributed by atoms with van der Waals surface area (Å²) in [7, 11) is 0. The number of hydrogen-bond acceptors (Lipinski definition) is 9. The van der Waals surface area contributed by atoms with Crippen molar-refractivity contribution in [2.45, 2.75) is 156 Å². The van der Waals surface area contributed by atoms with E-state index in [1.165, 1.54) is 77.0 Å². The maximum atomic E-state index is 6.46. The minimum atomic E-state index is 0.251. The van der Waals surface area contributed by atoms with Gasteiger partial charge in [0.05, 0.1) is 16.7 Å². The average molecular weight is 667 g/mol. The largest absolute Gasteiger partial charge is 0.362 e. The van der Waals surface area contributed by atoms with Crippen molar-refractivity contribution >= 4 is 17.7 Å².